The highest BCUT2D eigenvalue weighted by Crippen LogP contribution is 2.27. The van der Waals surface area contributed by atoms with Gasteiger partial charge in [0.05, 0.1) is 7.11 Å². The molecule has 0 saturated carbocycles. The molecule has 0 N–H and O–H groups in total. The van der Waals surface area contributed by atoms with Crippen molar-refractivity contribution in [3.63, 3.8) is 0 Å². The molecule has 144 valence electrons. The summed E-state index contributed by atoms with van der Waals surface area (Å²) < 4.78 is 16.0. The number of carbonyl (C=O) groups is 1. The largest absolute Gasteiger partial charge is 0.497 e. The van der Waals surface area contributed by atoms with Crippen molar-refractivity contribution in [3.8, 4) is 5.75 Å². The van der Waals surface area contributed by atoms with Gasteiger partial charge in [-0.05, 0) is 49.4 Å². The van der Waals surface area contributed by atoms with Gasteiger partial charge < -0.3 is 18.9 Å². The average Bonchev–Trinajstić information content (AvgIpc) is 3.38. The third-order valence-corrected chi connectivity index (χ3v) is 5.44. The monoisotopic (exact) mass is 371 g/mol. The third kappa shape index (κ3) is 4.13. The van der Waals surface area contributed by atoms with E-state index in [0.29, 0.717) is 17.4 Å². The molecule has 2 aromatic rings. The van der Waals surface area contributed by atoms with Crippen LogP contribution in [-0.4, -0.2) is 54.4 Å². The lowest BCUT2D eigenvalue weighted by Gasteiger charge is -2.18. The van der Waals surface area contributed by atoms with Crippen LogP contribution < -0.4 is 4.74 Å². The molecule has 1 aromatic heterocycles. The number of hydrogen-bond donors (Lipinski definition) is 0. The van der Waals surface area contributed by atoms with Gasteiger partial charge in [0, 0.05) is 44.2 Å². The molecule has 3 heterocycles. The van der Waals surface area contributed by atoms with E-state index in [1.165, 1.54) is 0 Å². The van der Waals surface area contributed by atoms with Crippen LogP contribution >= 0.6 is 0 Å². The number of methoxy groups -OCH3 is 1. The Balaban J connectivity index is 1.32. The molecular formula is C20H25N3O4. The van der Waals surface area contributed by atoms with E-state index in [4.69, 9.17) is 14.0 Å². The summed E-state index contributed by atoms with van der Waals surface area (Å²) in [6.45, 7) is 3.01. The molecule has 0 spiro atoms. The second-order valence-electron chi connectivity index (χ2n) is 7.27. The molecule has 0 radical (unpaired) electrons. The highest BCUT2D eigenvalue weighted by Gasteiger charge is 2.29. The van der Waals surface area contributed by atoms with Gasteiger partial charge in [0.2, 0.25) is 5.89 Å². The lowest BCUT2D eigenvalue weighted by molar-refractivity contribution is 0.0778. The Morgan fingerprint density at radius 3 is 2.74 bits per heavy atom. The van der Waals surface area contributed by atoms with Crippen LogP contribution in [0.2, 0.25) is 0 Å². The zero-order valence-corrected chi connectivity index (χ0v) is 15.6. The summed E-state index contributed by atoms with van der Waals surface area (Å²) in [4.78, 5) is 19.2. The minimum Gasteiger partial charge on any atom is -0.497 e. The van der Waals surface area contributed by atoms with Crippen molar-refractivity contribution < 1.29 is 18.8 Å². The van der Waals surface area contributed by atoms with E-state index in [2.05, 4.69) is 10.1 Å². The Morgan fingerprint density at radius 2 is 2.00 bits per heavy atom. The van der Waals surface area contributed by atoms with Crippen molar-refractivity contribution >= 4 is 5.91 Å². The summed E-state index contributed by atoms with van der Waals surface area (Å²) in [5.41, 5.74) is 0.692. The highest BCUT2D eigenvalue weighted by molar-refractivity contribution is 5.94. The topological polar surface area (TPSA) is 77.7 Å². The van der Waals surface area contributed by atoms with Gasteiger partial charge >= 0.3 is 0 Å². The van der Waals surface area contributed by atoms with Crippen molar-refractivity contribution in [2.75, 3.05) is 33.4 Å². The Morgan fingerprint density at radius 1 is 1.22 bits per heavy atom. The Labute approximate surface area is 158 Å². The molecule has 7 heteroatoms. The maximum atomic E-state index is 12.7. The van der Waals surface area contributed by atoms with Gasteiger partial charge in [-0.2, -0.15) is 4.98 Å². The van der Waals surface area contributed by atoms with Gasteiger partial charge in [0.1, 0.15) is 5.75 Å². The standard InChI is InChI=1S/C20H25N3O4/c1-25-17-4-2-16(3-5-17)20(24)23-9-6-14(13-23)12-18-21-19(27-22-18)15-7-10-26-11-8-15/h2-5,14-15H,6-13H2,1H3. The Kier molecular flexibility index (Phi) is 5.38. The first kappa shape index (κ1) is 18.0. The minimum absolute atomic E-state index is 0.0659. The quantitative estimate of drug-likeness (QED) is 0.804. The number of benzene rings is 1. The number of aromatic nitrogens is 2. The van der Waals surface area contributed by atoms with E-state index in [9.17, 15) is 4.79 Å². The van der Waals surface area contributed by atoms with Crippen LogP contribution in [0.1, 0.15) is 47.3 Å². The van der Waals surface area contributed by atoms with Gasteiger partial charge in [0.15, 0.2) is 5.82 Å². The summed E-state index contributed by atoms with van der Waals surface area (Å²) in [6, 6.07) is 7.26. The molecule has 0 bridgehead atoms. The van der Waals surface area contributed by atoms with Crippen LogP contribution in [0.4, 0.5) is 0 Å². The van der Waals surface area contributed by atoms with Gasteiger partial charge in [-0.25, -0.2) is 0 Å². The predicted octanol–water partition coefficient (Wildman–Crippen LogP) is 2.68. The summed E-state index contributed by atoms with van der Waals surface area (Å²) in [6.07, 6.45) is 3.59. The zero-order valence-electron chi connectivity index (χ0n) is 15.6. The molecular weight excluding hydrogens is 346 g/mol. The summed E-state index contributed by atoms with van der Waals surface area (Å²) in [7, 11) is 1.62. The first-order valence-corrected chi connectivity index (χ1v) is 9.56. The van der Waals surface area contributed by atoms with Gasteiger partial charge in [-0.1, -0.05) is 5.16 Å². The van der Waals surface area contributed by atoms with E-state index in [-0.39, 0.29) is 5.91 Å². The molecule has 2 aliphatic rings. The number of likely N-dealkylation sites (tertiary alicyclic amines) is 1. The van der Waals surface area contributed by atoms with Crippen LogP contribution in [0.25, 0.3) is 0 Å². The van der Waals surface area contributed by atoms with Crippen molar-refractivity contribution in [2.24, 2.45) is 5.92 Å². The van der Waals surface area contributed by atoms with E-state index < -0.39 is 0 Å². The average molecular weight is 371 g/mol. The normalized spacial score (nSPS) is 20.8. The van der Waals surface area contributed by atoms with Crippen molar-refractivity contribution in [3.05, 3.63) is 41.5 Å². The van der Waals surface area contributed by atoms with Crippen molar-refractivity contribution in [1.29, 1.82) is 0 Å². The molecule has 1 unspecified atom stereocenters. The predicted molar refractivity (Wildman–Crippen MR) is 97.8 cm³/mol. The first-order valence-electron chi connectivity index (χ1n) is 9.56. The SMILES string of the molecule is COc1ccc(C(=O)N2CCC(Cc3noc(C4CCOCC4)n3)C2)cc1. The summed E-state index contributed by atoms with van der Waals surface area (Å²) >= 11 is 0. The molecule has 1 amide bonds. The lowest BCUT2D eigenvalue weighted by Crippen LogP contribution is -2.28. The Bertz CT molecular complexity index is 768. The second-order valence-corrected chi connectivity index (χ2v) is 7.27. The smallest absolute Gasteiger partial charge is 0.253 e. The minimum atomic E-state index is 0.0659. The molecule has 1 aromatic carbocycles. The van der Waals surface area contributed by atoms with Gasteiger partial charge in [0.25, 0.3) is 5.91 Å². The maximum absolute atomic E-state index is 12.7. The maximum Gasteiger partial charge on any atom is 0.253 e. The number of nitrogens with zero attached hydrogens (tertiary/aromatic N) is 3. The van der Waals surface area contributed by atoms with Crippen molar-refractivity contribution in [2.45, 2.75) is 31.6 Å². The number of amides is 1. The number of carbonyl (C=O) groups excluding carboxylic acids is 1. The molecule has 27 heavy (non-hydrogen) atoms. The molecule has 1 atom stereocenters. The van der Waals surface area contributed by atoms with E-state index in [0.717, 1.165) is 69.5 Å². The van der Waals surface area contributed by atoms with E-state index in [1.54, 1.807) is 7.11 Å². The van der Waals surface area contributed by atoms with Crippen LogP contribution in [0.15, 0.2) is 28.8 Å². The molecule has 4 rings (SSSR count). The van der Waals surface area contributed by atoms with Crippen LogP contribution in [0, 0.1) is 5.92 Å². The van der Waals surface area contributed by atoms with E-state index >= 15 is 0 Å². The zero-order chi connectivity index (χ0) is 18.6. The number of ether oxygens (including phenoxy) is 2. The van der Waals surface area contributed by atoms with Crippen LogP contribution in [-0.2, 0) is 11.2 Å². The van der Waals surface area contributed by atoms with Gasteiger partial charge in [-0.3, -0.25) is 4.79 Å². The third-order valence-electron chi connectivity index (χ3n) is 5.44. The van der Waals surface area contributed by atoms with E-state index in [1.807, 2.05) is 29.2 Å². The van der Waals surface area contributed by atoms with Crippen LogP contribution in [0.5, 0.6) is 5.75 Å². The summed E-state index contributed by atoms with van der Waals surface area (Å²) in [5.74, 6) is 2.99. The highest BCUT2D eigenvalue weighted by atomic mass is 16.5. The molecule has 7 nitrogen and oxygen atoms in total. The molecule has 2 fully saturated rings. The number of hydrogen-bond acceptors (Lipinski definition) is 6. The van der Waals surface area contributed by atoms with Gasteiger partial charge in [-0.15, -0.1) is 0 Å². The van der Waals surface area contributed by atoms with Crippen molar-refractivity contribution in [1.82, 2.24) is 15.0 Å². The fourth-order valence-electron chi connectivity index (χ4n) is 3.82. The fraction of sp³-hybridized carbons (Fsp3) is 0.550. The lowest BCUT2D eigenvalue weighted by atomic mass is 10.0. The fourth-order valence-corrected chi connectivity index (χ4v) is 3.82. The first-order chi connectivity index (χ1) is 13.2. The molecule has 2 aliphatic heterocycles. The second kappa shape index (κ2) is 8.08. The summed E-state index contributed by atoms with van der Waals surface area (Å²) in [5, 5.41) is 4.16. The number of rotatable bonds is 5. The molecule has 2 saturated heterocycles. The Hall–Kier alpha value is -2.41. The van der Waals surface area contributed by atoms with Crippen LogP contribution in [0.3, 0.4) is 0 Å². The molecule has 0 aliphatic carbocycles.